The van der Waals surface area contributed by atoms with Gasteiger partial charge >= 0.3 is 5.97 Å². The molecule has 0 aromatic heterocycles. The van der Waals surface area contributed by atoms with Crippen LogP contribution in [-0.2, 0) is 19.1 Å². The molecule has 0 radical (unpaired) electrons. The van der Waals surface area contributed by atoms with Gasteiger partial charge in [-0.05, 0) is 25.0 Å². The number of hydrogen-bond acceptors (Lipinski definition) is 6. The van der Waals surface area contributed by atoms with Crippen molar-refractivity contribution in [1.29, 1.82) is 0 Å². The molecule has 0 saturated carbocycles. The number of methoxy groups -OCH3 is 2. The quantitative estimate of drug-likeness (QED) is 0.566. The molecule has 0 spiro atoms. The Kier molecular flexibility index (Phi) is 7.28. The predicted molar refractivity (Wildman–Crippen MR) is 91.5 cm³/mol. The standard InChI is InChI=1S/C18H23NO6/c1-22-15-7-3-5-13(18(15)23-2)8-9-17(21)25-12-16(20)19-11-14-6-4-10-24-14/h3,5,7-9,14H,4,6,10-12H2,1-2H3,(H,19,20)/b9-8+. The van der Waals surface area contributed by atoms with E-state index in [0.717, 1.165) is 19.4 Å². The fraction of sp³-hybridized carbons (Fsp3) is 0.444. The molecule has 0 aliphatic carbocycles. The van der Waals surface area contributed by atoms with Crippen LogP contribution >= 0.6 is 0 Å². The number of amides is 1. The molecular weight excluding hydrogens is 326 g/mol. The third kappa shape index (κ3) is 5.79. The first-order valence-electron chi connectivity index (χ1n) is 8.08. The van der Waals surface area contributed by atoms with Gasteiger partial charge in [-0.25, -0.2) is 4.79 Å². The Morgan fingerprint density at radius 3 is 2.84 bits per heavy atom. The Morgan fingerprint density at radius 1 is 1.32 bits per heavy atom. The fourth-order valence-electron chi connectivity index (χ4n) is 2.47. The zero-order valence-electron chi connectivity index (χ0n) is 14.4. The zero-order chi connectivity index (χ0) is 18.1. The average molecular weight is 349 g/mol. The summed E-state index contributed by atoms with van der Waals surface area (Å²) in [4.78, 5) is 23.4. The number of ether oxygens (including phenoxy) is 4. The summed E-state index contributed by atoms with van der Waals surface area (Å²) in [6.45, 7) is 0.840. The summed E-state index contributed by atoms with van der Waals surface area (Å²) in [7, 11) is 3.06. The second kappa shape index (κ2) is 9.68. The third-order valence-corrected chi connectivity index (χ3v) is 3.73. The lowest BCUT2D eigenvalue weighted by Crippen LogP contribution is -2.34. The van der Waals surface area contributed by atoms with Crippen molar-refractivity contribution in [2.75, 3.05) is 34.0 Å². The molecule has 7 nitrogen and oxygen atoms in total. The van der Waals surface area contributed by atoms with Crippen molar-refractivity contribution in [2.45, 2.75) is 18.9 Å². The Balaban J connectivity index is 1.79. The highest BCUT2D eigenvalue weighted by molar-refractivity contribution is 5.89. The van der Waals surface area contributed by atoms with Gasteiger partial charge in [0.2, 0.25) is 0 Å². The predicted octanol–water partition coefficient (Wildman–Crippen LogP) is 1.56. The first-order valence-corrected chi connectivity index (χ1v) is 8.08. The van der Waals surface area contributed by atoms with Crippen molar-refractivity contribution < 1.29 is 28.5 Å². The molecule has 1 heterocycles. The van der Waals surface area contributed by atoms with Crippen LogP contribution in [0.25, 0.3) is 6.08 Å². The Hall–Kier alpha value is -2.54. The number of carbonyl (C=O) groups is 2. The van der Waals surface area contributed by atoms with E-state index in [9.17, 15) is 9.59 Å². The van der Waals surface area contributed by atoms with E-state index in [-0.39, 0.29) is 18.6 Å². The highest BCUT2D eigenvalue weighted by Crippen LogP contribution is 2.31. The van der Waals surface area contributed by atoms with Gasteiger partial charge in [0.1, 0.15) is 0 Å². The summed E-state index contributed by atoms with van der Waals surface area (Å²) < 4.78 is 20.8. The van der Waals surface area contributed by atoms with Gasteiger partial charge in [-0.1, -0.05) is 12.1 Å². The van der Waals surface area contributed by atoms with Crippen LogP contribution in [0.15, 0.2) is 24.3 Å². The van der Waals surface area contributed by atoms with Crippen molar-refractivity contribution in [3.05, 3.63) is 29.8 Å². The molecule has 25 heavy (non-hydrogen) atoms. The number of nitrogens with one attached hydrogen (secondary N) is 1. The number of esters is 1. The highest BCUT2D eigenvalue weighted by Gasteiger charge is 2.16. The van der Waals surface area contributed by atoms with Crippen LogP contribution in [0.3, 0.4) is 0 Å². The van der Waals surface area contributed by atoms with Gasteiger partial charge in [-0.3, -0.25) is 4.79 Å². The molecule has 1 aromatic rings. The molecule has 1 fully saturated rings. The maximum Gasteiger partial charge on any atom is 0.331 e. The SMILES string of the molecule is COc1cccc(/C=C/C(=O)OCC(=O)NCC2CCCO2)c1OC. The summed E-state index contributed by atoms with van der Waals surface area (Å²) in [5, 5.41) is 2.69. The second-order valence-electron chi connectivity index (χ2n) is 5.46. The van der Waals surface area contributed by atoms with Crippen LogP contribution in [0, 0.1) is 0 Å². The summed E-state index contributed by atoms with van der Waals surface area (Å²) in [6.07, 6.45) is 4.79. The number of carbonyl (C=O) groups excluding carboxylic acids is 2. The van der Waals surface area contributed by atoms with Crippen LogP contribution in [0.5, 0.6) is 11.5 Å². The molecule has 1 aliphatic rings. The van der Waals surface area contributed by atoms with E-state index in [1.165, 1.54) is 20.3 Å². The third-order valence-electron chi connectivity index (χ3n) is 3.73. The fourth-order valence-corrected chi connectivity index (χ4v) is 2.47. The minimum absolute atomic E-state index is 0.0556. The van der Waals surface area contributed by atoms with Gasteiger partial charge in [0.15, 0.2) is 18.1 Å². The number of para-hydroxylation sites is 1. The van der Waals surface area contributed by atoms with E-state index in [0.29, 0.717) is 23.6 Å². The van der Waals surface area contributed by atoms with Crippen molar-refractivity contribution in [1.82, 2.24) is 5.32 Å². The van der Waals surface area contributed by atoms with Crippen molar-refractivity contribution >= 4 is 18.0 Å². The van der Waals surface area contributed by atoms with Gasteiger partial charge in [-0.2, -0.15) is 0 Å². The lowest BCUT2D eigenvalue weighted by Gasteiger charge is -2.10. The number of hydrogen-bond donors (Lipinski definition) is 1. The van der Waals surface area contributed by atoms with Gasteiger partial charge in [0.05, 0.1) is 20.3 Å². The van der Waals surface area contributed by atoms with E-state index in [1.54, 1.807) is 24.3 Å². The van der Waals surface area contributed by atoms with Gasteiger partial charge in [0.25, 0.3) is 5.91 Å². The minimum Gasteiger partial charge on any atom is -0.493 e. The minimum atomic E-state index is -0.614. The highest BCUT2D eigenvalue weighted by atomic mass is 16.5. The largest absolute Gasteiger partial charge is 0.493 e. The van der Waals surface area contributed by atoms with Crippen LogP contribution in [0.4, 0.5) is 0 Å². The van der Waals surface area contributed by atoms with Crippen molar-refractivity contribution in [3.8, 4) is 11.5 Å². The van der Waals surface area contributed by atoms with E-state index in [1.807, 2.05) is 0 Å². The van der Waals surface area contributed by atoms with Gasteiger partial charge in [-0.15, -0.1) is 0 Å². The Labute approximate surface area is 146 Å². The van der Waals surface area contributed by atoms with Gasteiger partial charge in [0, 0.05) is 24.8 Å². The Morgan fingerprint density at radius 2 is 2.16 bits per heavy atom. The van der Waals surface area contributed by atoms with E-state index in [4.69, 9.17) is 18.9 Å². The molecule has 1 amide bonds. The summed E-state index contributed by atoms with van der Waals surface area (Å²) in [5.74, 6) is 0.114. The molecule has 1 saturated heterocycles. The summed E-state index contributed by atoms with van der Waals surface area (Å²) >= 11 is 0. The normalized spacial score (nSPS) is 16.6. The molecule has 1 atom stereocenters. The van der Waals surface area contributed by atoms with E-state index in [2.05, 4.69) is 5.32 Å². The molecule has 2 rings (SSSR count). The molecule has 7 heteroatoms. The van der Waals surface area contributed by atoms with Crippen LogP contribution in [-0.4, -0.2) is 52.0 Å². The van der Waals surface area contributed by atoms with Crippen LogP contribution < -0.4 is 14.8 Å². The maximum absolute atomic E-state index is 11.7. The van der Waals surface area contributed by atoms with Gasteiger partial charge < -0.3 is 24.3 Å². The first-order chi connectivity index (χ1) is 12.1. The average Bonchev–Trinajstić information content (AvgIpc) is 3.16. The van der Waals surface area contributed by atoms with Crippen molar-refractivity contribution in [3.63, 3.8) is 0 Å². The molecule has 1 aliphatic heterocycles. The molecular formula is C18H23NO6. The van der Waals surface area contributed by atoms with Crippen LogP contribution in [0.1, 0.15) is 18.4 Å². The molecule has 1 aromatic carbocycles. The number of benzene rings is 1. The zero-order valence-corrected chi connectivity index (χ0v) is 14.4. The first kappa shape index (κ1) is 18.8. The second-order valence-corrected chi connectivity index (χ2v) is 5.46. The summed E-state index contributed by atoms with van der Waals surface area (Å²) in [6, 6.07) is 5.32. The lowest BCUT2D eigenvalue weighted by molar-refractivity contribution is -0.143. The van der Waals surface area contributed by atoms with E-state index >= 15 is 0 Å². The molecule has 1 unspecified atom stereocenters. The Bertz CT molecular complexity index is 622. The maximum atomic E-state index is 11.7. The summed E-state index contributed by atoms with van der Waals surface area (Å²) in [5.41, 5.74) is 0.668. The smallest absolute Gasteiger partial charge is 0.331 e. The van der Waals surface area contributed by atoms with Crippen molar-refractivity contribution in [2.24, 2.45) is 0 Å². The molecule has 0 bridgehead atoms. The monoisotopic (exact) mass is 349 g/mol. The topological polar surface area (TPSA) is 83.1 Å². The lowest BCUT2D eigenvalue weighted by atomic mass is 10.1. The van der Waals surface area contributed by atoms with E-state index < -0.39 is 5.97 Å². The molecule has 136 valence electrons. The van der Waals surface area contributed by atoms with Crippen LogP contribution in [0.2, 0.25) is 0 Å². The molecule has 1 N–H and O–H groups in total. The number of rotatable bonds is 8.